The van der Waals surface area contributed by atoms with E-state index in [-0.39, 0.29) is 11.7 Å². The molecule has 4 nitrogen and oxygen atoms in total. The first-order valence-electron chi connectivity index (χ1n) is 7.44. The van der Waals surface area contributed by atoms with Gasteiger partial charge in [0.05, 0.1) is 16.4 Å². The lowest BCUT2D eigenvalue weighted by Crippen LogP contribution is -2.11. The van der Waals surface area contributed by atoms with Gasteiger partial charge in [-0.25, -0.2) is 14.4 Å². The molecule has 0 aliphatic carbocycles. The third-order valence-electron chi connectivity index (χ3n) is 3.38. The Kier molecular flexibility index (Phi) is 4.73. The van der Waals surface area contributed by atoms with E-state index in [1.807, 2.05) is 12.3 Å². The summed E-state index contributed by atoms with van der Waals surface area (Å²) >= 11 is 2.75. The quantitative estimate of drug-likeness (QED) is 0.704. The fourth-order valence-corrected chi connectivity index (χ4v) is 3.79. The van der Waals surface area contributed by atoms with E-state index < -0.39 is 0 Å². The third kappa shape index (κ3) is 3.52. The number of rotatable bonds is 4. The van der Waals surface area contributed by atoms with Crippen LogP contribution in [-0.4, -0.2) is 15.9 Å². The van der Waals surface area contributed by atoms with Crippen molar-refractivity contribution in [2.45, 2.75) is 26.7 Å². The SMILES string of the molecule is Cc1nc(C(C)C)sc1C(=O)Nc1nc(-c2ccc(F)cc2)cs1. The summed E-state index contributed by atoms with van der Waals surface area (Å²) in [6, 6.07) is 6.11. The van der Waals surface area contributed by atoms with E-state index >= 15 is 0 Å². The van der Waals surface area contributed by atoms with Crippen molar-refractivity contribution in [1.82, 2.24) is 9.97 Å². The summed E-state index contributed by atoms with van der Waals surface area (Å²) in [5.74, 6) is -0.193. The lowest BCUT2D eigenvalue weighted by atomic mass is 10.2. The molecule has 124 valence electrons. The van der Waals surface area contributed by atoms with Gasteiger partial charge in [0.1, 0.15) is 10.7 Å². The molecular formula is C17H16FN3OS2. The van der Waals surface area contributed by atoms with Crippen LogP contribution in [0.2, 0.25) is 0 Å². The molecule has 3 aromatic rings. The summed E-state index contributed by atoms with van der Waals surface area (Å²) in [7, 11) is 0. The van der Waals surface area contributed by atoms with Gasteiger partial charge in [-0.1, -0.05) is 13.8 Å². The third-order valence-corrected chi connectivity index (χ3v) is 5.59. The second-order valence-corrected chi connectivity index (χ2v) is 7.51. The predicted molar refractivity (Wildman–Crippen MR) is 96.4 cm³/mol. The van der Waals surface area contributed by atoms with Crippen molar-refractivity contribution >= 4 is 33.7 Å². The van der Waals surface area contributed by atoms with Crippen LogP contribution in [0, 0.1) is 12.7 Å². The summed E-state index contributed by atoms with van der Waals surface area (Å²) in [5, 5.41) is 6.11. The van der Waals surface area contributed by atoms with Gasteiger partial charge in [0, 0.05) is 16.9 Å². The number of nitrogens with zero attached hydrogens (tertiary/aromatic N) is 2. The second kappa shape index (κ2) is 6.78. The van der Waals surface area contributed by atoms with Gasteiger partial charge in [-0.15, -0.1) is 22.7 Å². The molecule has 2 aromatic heterocycles. The highest BCUT2D eigenvalue weighted by Crippen LogP contribution is 2.28. The number of aryl methyl sites for hydroxylation is 1. The Morgan fingerprint density at radius 3 is 2.54 bits per heavy atom. The normalized spacial score (nSPS) is 11.0. The maximum absolute atomic E-state index is 13.0. The van der Waals surface area contributed by atoms with E-state index in [0.29, 0.717) is 21.6 Å². The van der Waals surface area contributed by atoms with Gasteiger partial charge in [0.2, 0.25) is 0 Å². The van der Waals surface area contributed by atoms with Crippen LogP contribution in [0.4, 0.5) is 9.52 Å². The standard InChI is InChI=1S/C17H16FN3OS2/c1-9(2)16-19-10(3)14(24-16)15(22)21-17-20-13(8-23-17)11-4-6-12(18)7-5-11/h4-9H,1-3H3,(H,20,21,22). The summed E-state index contributed by atoms with van der Waals surface area (Å²) in [6.07, 6.45) is 0. The smallest absolute Gasteiger partial charge is 0.269 e. The van der Waals surface area contributed by atoms with E-state index in [1.165, 1.54) is 34.8 Å². The largest absolute Gasteiger partial charge is 0.297 e. The van der Waals surface area contributed by atoms with Crippen LogP contribution in [0.15, 0.2) is 29.6 Å². The van der Waals surface area contributed by atoms with E-state index in [1.54, 1.807) is 12.1 Å². The van der Waals surface area contributed by atoms with E-state index in [9.17, 15) is 9.18 Å². The van der Waals surface area contributed by atoms with Crippen LogP contribution in [0.3, 0.4) is 0 Å². The minimum absolute atomic E-state index is 0.197. The number of carbonyl (C=O) groups is 1. The molecule has 7 heteroatoms. The Labute approximate surface area is 147 Å². The maximum atomic E-state index is 13.0. The number of nitrogens with one attached hydrogen (secondary N) is 1. The number of anilines is 1. The molecule has 0 saturated carbocycles. The molecule has 0 atom stereocenters. The van der Waals surface area contributed by atoms with Gasteiger partial charge in [0.25, 0.3) is 5.91 Å². The number of hydrogen-bond donors (Lipinski definition) is 1. The molecule has 0 bridgehead atoms. The Morgan fingerprint density at radius 2 is 1.92 bits per heavy atom. The zero-order chi connectivity index (χ0) is 17.3. The topological polar surface area (TPSA) is 54.9 Å². The fourth-order valence-electron chi connectivity index (χ4n) is 2.11. The molecule has 3 rings (SSSR count). The summed E-state index contributed by atoms with van der Waals surface area (Å²) in [6.45, 7) is 5.94. The number of halogens is 1. The van der Waals surface area contributed by atoms with Crippen molar-refractivity contribution in [2.24, 2.45) is 0 Å². The Morgan fingerprint density at radius 1 is 1.21 bits per heavy atom. The minimum atomic E-state index is -0.288. The first-order valence-corrected chi connectivity index (χ1v) is 9.14. The van der Waals surface area contributed by atoms with Crippen molar-refractivity contribution in [1.29, 1.82) is 0 Å². The number of thiazole rings is 2. The highest BCUT2D eigenvalue weighted by atomic mass is 32.1. The Bertz CT molecular complexity index is 868. The summed E-state index contributed by atoms with van der Waals surface area (Å²) < 4.78 is 13.0. The van der Waals surface area contributed by atoms with Gasteiger partial charge in [0.15, 0.2) is 5.13 Å². The lowest BCUT2D eigenvalue weighted by molar-refractivity contribution is 0.103. The zero-order valence-corrected chi connectivity index (χ0v) is 15.1. The Hall–Kier alpha value is -2.12. The molecule has 0 spiro atoms. The van der Waals surface area contributed by atoms with Crippen LogP contribution in [0.5, 0.6) is 0 Å². The zero-order valence-electron chi connectivity index (χ0n) is 13.5. The fraction of sp³-hybridized carbons (Fsp3) is 0.235. The van der Waals surface area contributed by atoms with Crippen molar-refractivity contribution in [3.05, 3.63) is 51.0 Å². The highest BCUT2D eigenvalue weighted by molar-refractivity contribution is 7.15. The molecule has 0 saturated heterocycles. The van der Waals surface area contributed by atoms with Crippen molar-refractivity contribution < 1.29 is 9.18 Å². The molecule has 0 aliphatic heterocycles. The molecule has 2 heterocycles. The summed E-state index contributed by atoms with van der Waals surface area (Å²) in [4.78, 5) is 21.9. The molecule has 1 N–H and O–H groups in total. The van der Waals surface area contributed by atoms with Gasteiger partial charge >= 0.3 is 0 Å². The van der Waals surface area contributed by atoms with Crippen molar-refractivity contribution in [2.75, 3.05) is 5.32 Å². The number of benzene rings is 1. The number of carbonyl (C=O) groups excluding carboxylic acids is 1. The van der Waals surface area contributed by atoms with Crippen molar-refractivity contribution in [3.8, 4) is 11.3 Å². The van der Waals surface area contributed by atoms with Crippen LogP contribution >= 0.6 is 22.7 Å². The first-order chi connectivity index (χ1) is 11.4. The molecule has 0 aliphatic rings. The number of amides is 1. The molecular weight excluding hydrogens is 345 g/mol. The molecule has 0 fully saturated rings. The average molecular weight is 361 g/mol. The lowest BCUT2D eigenvalue weighted by Gasteiger charge is -2.00. The highest BCUT2D eigenvalue weighted by Gasteiger charge is 2.18. The predicted octanol–water partition coefficient (Wildman–Crippen LogP) is 5.09. The van der Waals surface area contributed by atoms with Crippen molar-refractivity contribution in [3.63, 3.8) is 0 Å². The minimum Gasteiger partial charge on any atom is -0.297 e. The maximum Gasteiger partial charge on any atom is 0.269 e. The Balaban J connectivity index is 1.77. The van der Waals surface area contributed by atoms with Gasteiger partial charge < -0.3 is 0 Å². The monoisotopic (exact) mass is 361 g/mol. The molecule has 1 amide bonds. The van der Waals surface area contributed by atoms with Crippen LogP contribution in [0.25, 0.3) is 11.3 Å². The molecule has 1 aromatic carbocycles. The van der Waals surface area contributed by atoms with E-state index in [0.717, 1.165) is 16.3 Å². The van der Waals surface area contributed by atoms with Gasteiger partial charge in [-0.2, -0.15) is 0 Å². The van der Waals surface area contributed by atoms with E-state index in [2.05, 4.69) is 29.1 Å². The molecule has 0 unspecified atom stereocenters. The van der Waals surface area contributed by atoms with E-state index in [4.69, 9.17) is 0 Å². The summed E-state index contributed by atoms with van der Waals surface area (Å²) in [5.41, 5.74) is 2.25. The van der Waals surface area contributed by atoms with Gasteiger partial charge in [-0.05, 0) is 31.2 Å². The number of hydrogen-bond acceptors (Lipinski definition) is 5. The number of aromatic nitrogens is 2. The van der Waals surface area contributed by atoms with Crippen LogP contribution < -0.4 is 5.32 Å². The second-order valence-electron chi connectivity index (χ2n) is 5.62. The molecule has 24 heavy (non-hydrogen) atoms. The molecule has 0 radical (unpaired) electrons. The van der Waals surface area contributed by atoms with Crippen LogP contribution in [-0.2, 0) is 0 Å². The average Bonchev–Trinajstić information content (AvgIpc) is 3.15. The van der Waals surface area contributed by atoms with Crippen LogP contribution in [0.1, 0.15) is 40.1 Å². The van der Waals surface area contributed by atoms with Gasteiger partial charge in [-0.3, -0.25) is 10.1 Å². The first kappa shape index (κ1) is 16.7.